The molecule has 19 heavy (non-hydrogen) atoms. The van der Waals surface area contributed by atoms with Crippen molar-refractivity contribution >= 4 is 33.4 Å². The largest absolute Gasteiger partial charge is 0.368 e. The van der Waals surface area contributed by atoms with Gasteiger partial charge in [0.1, 0.15) is 0 Å². The molecule has 104 valence electrons. The number of carbonyl (C=O) groups excluding carboxylic acids is 2. The van der Waals surface area contributed by atoms with E-state index < -0.39 is 11.9 Å². The van der Waals surface area contributed by atoms with Crippen LogP contribution in [0.2, 0.25) is 0 Å². The highest BCUT2D eigenvalue weighted by molar-refractivity contribution is 9.10. The van der Waals surface area contributed by atoms with Crippen LogP contribution in [0.3, 0.4) is 0 Å². The van der Waals surface area contributed by atoms with Gasteiger partial charge >= 0.3 is 0 Å². The number of nitrogens with one attached hydrogen (secondary N) is 1. The van der Waals surface area contributed by atoms with E-state index in [1.165, 1.54) is 0 Å². The Bertz CT molecular complexity index is 491. The van der Waals surface area contributed by atoms with Crippen LogP contribution in [0.4, 0.5) is 5.69 Å². The lowest BCUT2D eigenvalue weighted by molar-refractivity contribution is -0.123. The molecule has 1 unspecified atom stereocenters. The molecule has 0 radical (unpaired) electrons. The van der Waals surface area contributed by atoms with E-state index >= 15 is 0 Å². The molecule has 1 aromatic rings. The predicted molar refractivity (Wildman–Crippen MR) is 78.8 cm³/mol. The number of likely N-dealkylation sites (N-methyl/N-ethyl adjacent to an activating group) is 1. The fourth-order valence-electron chi connectivity index (χ4n) is 1.54. The van der Waals surface area contributed by atoms with Crippen molar-refractivity contribution in [3.63, 3.8) is 0 Å². The Hall–Kier alpha value is -1.40. The highest BCUT2D eigenvalue weighted by atomic mass is 79.9. The smallest absolute Gasteiger partial charge is 0.238 e. The van der Waals surface area contributed by atoms with E-state index in [9.17, 15) is 9.59 Å². The van der Waals surface area contributed by atoms with Gasteiger partial charge in [-0.2, -0.15) is 0 Å². The number of halogens is 1. The molecule has 3 N–H and O–H groups in total. The molecule has 1 aromatic carbocycles. The molecule has 0 aliphatic rings. The standard InChI is InChI=1S/C13H18BrN3O2/c1-8-6-10(14)4-5-11(8)16-12(18)7-17(3)9(2)13(15)19/h4-6,9H,7H2,1-3H3,(H2,15,19)(H,16,18). The van der Waals surface area contributed by atoms with Gasteiger partial charge in [-0.15, -0.1) is 0 Å². The molecule has 6 heteroatoms. The minimum absolute atomic E-state index is 0.111. The zero-order valence-corrected chi connectivity index (χ0v) is 12.8. The summed E-state index contributed by atoms with van der Waals surface area (Å²) in [6.07, 6.45) is 0. The summed E-state index contributed by atoms with van der Waals surface area (Å²) >= 11 is 3.37. The first-order valence-electron chi connectivity index (χ1n) is 5.87. The van der Waals surface area contributed by atoms with E-state index in [0.717, 1.165) is 15.7 Å². The fourth-order valence-corrected chi connectivity index (χ4v) is 2.01. The van der Waals surface area contributed by atoms with E-state index in [0.29, 0.717) is 0 Å². The number of amides is 2. The zero-order valence-electron chi connectivity index (χ0n) is 11.2. The Morgan fingerprint density at radius 1 is 1.47 bits per heavy atom. The molecule has 0 heterocycles. The Morgan fingerprint density at radius 3 is 2.63 bits per heavy atom. The van der Waals surface area contributed by atoms with Gasteiger partial charge in [0.05, 0.1) is 12.6 Å². The number of hydrogen-bond donors (Lipinski definition) is 2. The van der Waals surface area contributed by atoms with Gasteiger partial charge in [-0.3, -0.25) is 14.5 Å². The minimum atomic E-state index is -0.475. The van der Waals surface area contributed by atoms with Crippen LogP contribution < -0.4 is 11.1 Å². The summed E-state index contributed by atoms with van der Waals surface area (Å²) < 4.78 is 0.961. The van der Waals surface area contributed by atoms with Crippen molar-refractivity contribution in [3.8, 4) is 0 Å². The monoisotopic (exact) mass is 327 g/mol. The highest BCUT2D eigenvalue weighted by Gasteiger charge is 2.17. The summed E-state index contributed by atoms with van der Waals surface area (Å²) in [5.41, 5.74) is 6.91. The summed E-state index contributed by atoms with van der Waals surface area (Å²) in [6, 6.07) is 5.13. The fraction of sp³-hybridized carbons (Fsp3) is 0.385. The Kier molecular flexibility index (Phi) is 5.50. The van der Waals surface area contributed by atoms with E-state index in [2.05, 4.69) is 21.2 Å². The van der Waals surface area contributed by atoms with Crippen LogP contribution >= 0.6 is 15.9 Å². The lowest BCUT2D eigenvalue weighted by Gasteiger charge is -2.21. The number of primary amides is 1. The molecule has 2 amide bonds. The lowest BCUT2D eigenvalue weighted by Crippen LogP contribution is -2.43. The molecular formula is C13H18BrN3O2. The molecule has 0 saturated heterocycles. The van der Waals surface area contributed by atoms with Crippen LogP contribution in [-0.2, 0) is 9.59 Å². The summed E-state index contributed by atoms with van der Waals surface area (Å²) in [5, 5.41) is 2.81. The van der Waals surface area contributed by atoms with Crippen LogP contribution in [0, 0.1) is 6.92 Å². The van der Waals surface area contributed by atoms with Crippen molar-refractivity contribution in [2.24, 2.45) is 5.73 Å². The van der Waals surface area contributed by atoms with Gasteiger partial charge in [-0.05, 0) is 44.7 Å². The normalized spacial score (nSPS) is 12.3. The third-order valence-corrected chi connectivity index (χ3v) is 3.42. The number of benzene rings is 1. The Balaban J connectivity index is 2.63. The number of hydrogen-bond acceptors (Lipinski definition) is 3. The van der Waals surface area contributed by atoms with Gasteiger partial charge < -0.3 is 11.1 Å². The SMILES string of the molecule is Cc1cc(Br)ccc1NC(=O)CN(C)C(C)C(N)=O. The van der Waals surface area contributed by atoms with E-state index in [1.807, 2.05) is 25.1 Å². The van der Waals surface area contributed by atoms with Crippen molar-refractivity contribution in [1.29, 1.82) is 0 Å². The molecule has 1 atom stereocenters. The van der Waals surface area contributed by atoms with E-state index in [-0.39, 0.29) is 12.5 Å². The van der Waals surface area contributed by atoms with Crippen LogP contribution in [0.5, 0.6) is 0 Å². The zero-order chi connectivity index (χ0) is 14.6. The van der Waals surface area contributed by atoms with Crippen molar-refractivity contribution in [2.75, 3.05) is 18.9 Å². The first-order valence-corrected chi connectivity index (χ1v) is 6.66. The maximum absolute atomic E-state index is 11.9. The first-order chi connectivity index (χ1) is 8.81. The summed E-state index contributed by atoms with van der Waals surface area (Å²) in [7, 11) is 1.68. The topological polar surface area (TPSA) is 75.4 Å². The molecule has 0 bridgehead atoms. The van der Waals surface area contributed by atoms with Gasteiger partial charge in [0.2, 0.25) is 11.8 Å². The van der Waals surface area contributed by atoms with Crippen LogP contribution in [-0.4, -0.2) is 36.3 Å². The average molecular weight is 328 g/mol. The van der Waals surface area contributed by atoms with Crippen molar-refractivity contribution in [3.05, 3.63) is 28.2 Å². The molecule has 0 aliphatic heterocycles. The molecule has 5 nitrogen and oxygen atoms in total. The molecular weight excluding hydrogens is 310 g/mol. The van der Waals surface area contributed by atoms with Gasteiger partial charge in [0.15, 0.2) is 0 Å². The number of rotatable bonds is 5. The van der Waals surface area contributed by atoms with Gasteiger partial charge in [-0.1, -0.05) is 15.9 Å². The number of carbonyl (C=O) groups is 2. The number of nitrogens with two attached hydrogens (primary N) is 1. The number of nitrogens with zero attached hydrogens (tertiary/aromatic N) is 1. The third kappa shape index (κ3) is 4.65. The van der Waals surface area contributed by atoms with Crippen molar-refractivity contribution in [1.82, 2.24) is 4.90 Å². The van der Waals surface area contributed by atoms with E-state index in [1.54, 1.807) is 18.9 Å². The third-order valence-electron chi connectivity index (χ3n) is 2.93. The quantitative estimate of drug-likeness (QED) is 0.860. The number of anilines is 1. The Morgan fingerprint density at radius 2 is 2.11 bits per heavy atom. The van der Waals surface area contributed by atoms with Crippen molar-refractivity contribution < 1.29 is 9.59 Å². The average Bonchev–Trinajstić information content (AvgIpc) is 2.31. The van der Waals surface area contributed by atoms with Gasteiger partial charge in [0.25, 0.3) is 0 Å². The summed E-state index contributed by atoms with van der Waals surface area (Å²) in [4.78, 5) is 24.5. The molecule has 1 rings (SSSR count). The highest BCUT2D eigenvalue weighted by Crippen LogP contribution is 2.19. The second kappa shape index (κ2) is 6.68. The second-order valence-corrected chi connectivity index (χ2v) is 5.42. The molecule has 0 aromatic heterocycles. The van der Waals surface area contributed by atoms with Crippen LogP contribution in [0.25, 0.3) is 0 Å². The molecule has 0 aliphatic carbocycles. The minimum Gasteiger partial charge on any atom is -0.368 e. The lowest BCUT2D eigenvalue weighted by atomic mass is 10.2. The van der Waals surface area contributed by atoms with Crippen LogP contribution in [0.15, 0.2) is 22.7 Å². The van der Waals surface area contributed by atoms with E-state index in [4.69, 9.17) is 5.73 Å². The number of aryl methyl sites for hydroxylation is 1. The summed E-state index contributed by atoms with van der Waals surface area (Å²) in [5.74, 6) is -0.629. The molecule has 0 fully saturated rings. The Labute approximate surface area is 121 Å². The van der Waals surface area contributed by atoms with Gasteiger partial charge in [-0.25, -0.2) is 0 Å². The summed E-state index contributed by atoms with van der Waals surface area (Å²) in [6.45, 7) is 3.69. The molecule has 0 spiro atoms. The first kappa shape index (κ1) is 15.7. The maximum atomic E-state index is 11.9. The maximum Gasteiger partial charge on any atom is 0.238 e. The van der Waals surface area contributed by atoms with Crippen LogP contribution in [0.1, 0.15) is 12.5 Å². The van der Waals surface area contributed by atoms with Gasteiger partial charge in [0, 0.05) is 10.2 Å². The predicted octanol–water partition coefficient (Wildman–Crippen LogP) is 1.50. The molecule has 0 saturated carbocycles. The second-order valence-electron chi connectivity index (χ2n) is 4.50. The van der Waals surface area contributed by atoms with Crippen molar-refractivity contribution in [2.45, 2.75) is 19.9 Å².